The molecule has 18 heavy (non-hydrogen) atoms. The predicted octanol–water partition coefficient (Wildman–Crippen LogP) is 2.09. The molecule has 0 radical (unpaired) electrons. The molecular formula is C14H19ClN2O. The summed E-state index contributed by atoms with van der Waals surface area (Å²) in [7, 11) is 2.11. The van der Waals surface area contributed by atoms with Gasteiger partial charge in [-0.25, -0.2) is 0 Å². The molecular weight excluding hydrogens is 248 g/mol. The third-order valence-electron chi connectivity index (χ3n) is 3.48. The summed E-state index contributed by atoms with van der Waals surface area (Å²) in [5.41, 5.74) is 0.997. The van der Waals surface area contributed by atoms with Crippen molar-refractivity contribution < 1.29 is 4.79 Å². The molecule has 3 nitrogen and oxygen atoms in total. The maximum Gasteiger partial charge on any atom is 0.224 e. The number of rotatable bonds is 4. The van der Waals surface area contributed by atoms with Crippen LogP contribution in [0.2, 0.25) is 5.02 Å². The Morgan fingerprint density at radius 3 is 2.78 bits per heavy atom. The summed E-state index contributed by atoms with van der Waals surface area (Å²) in [6.45, 7) is 1.89. The lowest BCUT2D eigenvalue weighted by Gasteiger charge is -2.19. The van der Waals surface area contributed by atoms with Gasteiger partial charge in [-0.05, 0) is 44.1 Å². The van der Waals surface area contributed by atoms with Gasteiger partial charge in [0.1, 0.15) is 0 Å². The van der Waals surface area contributed by atoms with Crippen molar-refractivity contribution in [1.82, 2.24) is 10.2 Å². The van der Waals surface area contributed by atoms with Crippen molar-refractivity contribution >= 4 is 17.5 Å². The molecule has 0 saturated carbocycles. The average molecular weight is 267 g/mol. The molecule has 0 spiro atoms. The van der Waals surface area contributed by atoms with Crippen LogP contribution in [-0.2, 0) is 11.2 Å². The Kier molecular flexibility index (Phi) is 4.61. The summed E-state index contributed by atoms with van der Waals surface area (Å²) in [6, 6.07) is 7.91. The van der Waals surface area contributed by atoms with Crippen LogP contribution < -0.4 is 5.32 Å². The van der Waals surface area contributed by atoms with E-state index in [2.05, 4.69) is 17.3 Å². The van der Waals surface area contributed by atoms with Crippen LogP contribution in [0.25, 0.3) is 0 Å². The zero-order valence-electron chi connectivity index (χ0n) is 10.7. The number of nitrogens with zero attached hydrogens (tertiary/aromatic N) is 1. The normalized spacial score (nSPS) is 20.0. The molecule has 4 heteroatoms. The fourth-order valence-corrected chi connectivity index (χ4v) is 2.44. The second-order valence-corrected chi connectivity index (χ2v) is 5.32. The minimum Gasteiger partial charge on any atom is -0.354 e. The number of carbonyl (C=O) groups is 1. The molecule has 1 heterocycles. The van der Waals surface area contributed by atoms with Crippen molar-refractivity contribution in [3.63, 3.8) is 0 Å². The highest BCUT2D eigenvalue weighted by Crippen LogP contribution is 2.13. The number of likely N-dealkylation sites (tertiary alicyclic amines) is 1. The smallest absolute Gasteiger partial charge is 0.224 e. The van der Waals surface area contributed by atoms with Gasteiger partial charge in [-0.15, -0.1) is 0 Å². The van der Waals surface area contributed by atoms with Crippen LogP contribution in [0.15, 0.2) is 24.3 Å². The van der Waals surface area contributed by atoms with Gasteiger partial charge >= 0.3 is 0 Å². The van der Waals surface area contributed by atoms with E-state index in [0.29, 0.717) is 17.5 Å². The number of nitrogens with one attached hydrogen (secondary N) is 1. The largest absolute Gasteiger partial charge is 0.354 e. The number of hydrogen-bond acceptors (Lipinski definition) is 2. The first-order chi connectivity index (χ1) is 8.65. The van der Waals surface area contributed by atoms with E-state index in [4.69, 9.17) is 11.6 Å². The Hall–Kier alpha value is -1.06. The van der Waals surface area contributed by atoms with Gasteiger partial charge in [-0.3, -0.25) is 4.79 Å². The lowest BCUT2D eigenvalue weighted by atomic mass is 10.1. The van der Waals surface area contributed by atoms with Gasteiger partial charge in [0.25, 0.3) is 0 Å². The topological polar surface area (TPSA) is 32.3 Å². The van der Waals surface area contributed by atoms with Crippen LogP contribution >= 0.6 is 11.6 Å². The van der Waals surface area contributed by atoms with Crippen molar-refractivity contribution in [2.24, 2.45) is 0 Å². The summed E-state index contributed by atoms with van der Waals surface area (Å²) in [5, 5.41) is 3.71. The molecule has 1 N–H and O–H groups in total. The molecule has 1 aromatic carbocycles. The highest BCUT2D eigenvalue weighted by Gasteiger charge is 2.20. The van der Waals surface area contributed by atoms with Crippen molar-refractivity contribution in [3.05, 3.63) is 34.9 Å². The second-order valence-electron chi connectivity index (χ2n) is 4.88. The van der Waals surface area contributed by atoms with Crippen molar-refractivity contribution in [1.29, 1.82) is 0 Å². The number of halogens is 1. The van der Waals surface area contributed by atoms with Crippen LogP contribution in [0.5, 0.6) is 0 Å². The molecule has 1 saturated heterocycles. The van der Waals surface area contributed by atoms with Crippen molar-refractivity contribution in [2.45, 2.75) is 25.3 Å². The monoisotopic (exact) mass is 266 g/mol. The van der Waals surface area contributed by atoms with Crippen LogP contribution in [0.4, 0.5) is 0 Å². The fourth-order valence-electron chi connectivity index (χ4n) is 2.32. The second kappa shape index (κ2) is 6.21. The number of hydrogen-bond donors (Lipinski definition) is 1. The summed E-state index contributed by atoms with van der Waals surface area (Å²) >= 11 is 5.81. The minimum absolute atomic E-state index is 0.0811. The highest BCUT2D eigenvalue weighted by molar-refractivity contribution is 6.30. The van der Waals surface area contributed by atoms with Gasteiger partial charge in [-0.1, -0.05) is 23.7 Å². The predicted molar refractivity (Wildman–Crippen MR) is 73.8 cm³/mol. The Bertz CT molecular complexity index is 405. The molecule has 98 valence electrons. The van der Waals surface area contributed by atoms with Crippen LogP contribution in [0.3, 0.4) is 0 Å². The van der Waals surface area contributed by atoms with Gasteiger partial charge in [0.15, 0.2) is 0 Å². The van der Waals surface area contributed by atoms with Crippen LogP contribution in [0, 0.1) is 0 Å². The molecule has 0 aliphatic carbocycles. The van der Waals surface area contributed by atoms with Gasteiger partial charge in [0, 0.05) is 17.6 Å². The van der Waals surface area contributed by atoms with E-state index < -0.39 is 0 Å². The molecule has 1 fully saturated rings. The molecule has 2 rings (SSSR count). The van der Waals surface area contributed by atoms with Crippen molar-refractivity contribution in [3.8, 4) is 0 Å². The molecule has 0 aromatic heterocycles. The Labute approximate surface area is 113 Å². The van der Waals surface area contributed by atoms with Crippen molar-refractivity contribution in [2.75, 3.05) is 20.1 Å². The maximum absolute atomic E-state index is 11.8. The SMILES string of the molecule is CN1CCCC1CNC(=O)Cc1ccc(Cl)cc1. The highest BCUT2D eigenvalue weighted by atomic mass is 35.5. The molecule has 1 aliphatic heterocycles. The standard InChI is InChI=1S/C14H19ClN2O/c1-17-8-2-3-13(17)10-16-14(18)9-11-4-6-12(15)7-5-11/h4-7,13H,2-3,8-10H2,1H3,(H,16,18). The van der Waals surface area contributed by atoms with E-state index in [-0.39, 0.29) is 5.91 Å². The lowest BCUT2D eigenvalue weighted by molar-refractivity contribution is -0.120. The molecule has 1 unspecified atom stereocenters. The first kappa shape index (κ1) is 13.4. The summed E-state index contributed by atoms with van der Waals surface area (Å²) in [5.74, 6) is 0.0811. The lowest BCUT2D eigenvalue weighted by Crippen LogP contribution is -2.38. The number of amides is 1. The number of benzene rings is 1. The van der Waals surface area contributed by atoms with Gasteiger partial charge in [0.2, 0.25) is 5.91 Å². The Morgan fingerprint density at radius 1 is 1.44 bits per heavy atom. The van der Waals surface area contributed by atoms with E-state index in [1.807, 2.05) is 24.3 Å². The van der Waals surface area contributed by atoms with Gasteiger partial charge in [0.05, 0.1) is 6.42 Å². The Balaban J connectivity index is 1.76. The maximum atomic E-state index is 11.8. The molecule has 1 aromatic rings. The fraction of sp³-hybridized carbons (Fsp3) is 0.500. The Morgan fingerprint density at radius 2 is 2.17 bits per heavy atom. The summed E-state index contributed by atoms with van der Waals surface area (Å²) < 4.78 is 0. The minimum atomic E-state index is 0.0811. The zero-order chi connectivity index (χ0) is 13.0. The molecule has 1 aliphatic rings. The molecule has 1 amide bonds. The van der Waals surface area contributed by atoms with Crippen LogP contribution in [0.1, 0.15) is 18.4 Å². The molecule has 0 bridgehead atoms. The quantitative estimate of drug-likeness (QED) is 0.905. The first-order valence-electron chi connectivity index (χ1n) is 6.36. The van der Waals surface area contributed by atoms with E-state index in [1.165, 1.54) is 12.8 Å². The van der Waals surface area contributed by atoms with Crippen LogP contribution in [-0.4, -0.2) is 37.0 Å². The number of carbonyl (C=O) groups excluding carboxylic acids is 1. The van der Waals surface area contributed by atoms with E-state index in [0.717, 1.165) is 18.7 Å². The number of likely N-dealkylation sites (N-methyl/N-ethyl adjacent to an activating group) is 1. The van der Waals surface area contributed by atoms with E-state index in [1.54, 1.807) is 0 Å². The van der Waals surface area contributed by atoms with E-state index >= 15 is 0 Å². The third-order valence-corrected chi connectivity index (χ3v) is 3.74. The average Bonchev–Trinajstić information content (AvgIpc) is 2.75. The van der Waals surface area contributed by atoms with Gasteiger partial charge < -0.3 is 10.2 Å². The van der Waals surface area contributed by atoms with Gasteiger partial charge in [-0.2, -0.15) is 0 Å². The first-order valence-corrected chi connectivity index (χ1v) is 6.74. The van der Waals surface area contributed by atoms with E-state index in [9.17, 15) is 4.79 Å². The zero-order valence-corrected chi connectivity index (χ0v) is 11.4. The summed E-state index contributed by atoms with van der Waals surface area (Å²) in [6.07, 6.45) is 2.83. The third kappa shape index (κ3) is 3.72. The molecule has 1 atom stereocenters. The summed E-state index contributed by atoms with van der Waals surface area (Å²) in [4.78, 5) is 14.1.